The van der Waals surface area contributed by atoms with E-state index in [0.29, 0.717) is 35.9 Å². The van der Waals surface area contributed by atoms with Gasteiger partial charge in [-0.3, -0.25) is 9.59 Å². The van der Waals surface area contributed by atoms with Crippen molar-refractivity contribution in [1.29, 1.82) is 0 Å². The van der Waals surface area contributed by atoms with E-state index in [-0.39, 0.29) is 12.3 Å². The second-order valence-corrected chi connectivity index (χ2v) is 5.96. The molecule has 0 atom stereocenters. The maximum absolute atomic E-state index is 12.0. The zero-order chi connectivity index (χ0) is 15.2. The first-order chi connectivity index (χ1) is 10.0. The summed E-state index contributed by atoms with van der Waals surface area (Å²) in [4.78, 5) is 24.4. The van der Waals surface area contributed by atoms with Crippen LogP contribution in [0, 0.1) is 5.92 Å². The lowest BCUT2D eigenvalue weighted by atomic mass is 9.92. The molecule has 0 radical (unpaired) electrons. The molecule has 1 saturated heterocycles. The van der Waals surface area contributed by atoms with Gasteiger partial charge in [-0.05, 0) is 59.3 Å². The Labute approximate surface area is 131 Å². The fraction of sp³-hybridized carbons (Fsp3) is 0.467. The smallest absolute Gasteiger partial charge is 0.303 e. The number of aliphatic carboxylic acids is 1. The molecule has 21 heavy (non-hydrogen) atoms. The van der Waals surface area contributed by atoms with Gasteiger partial charge in [0, 0.05) is 25.6 Å². The Bertz CT molecular complexity index is 530. The van der Waals surface area contributed by atoms with E-state index in [9.17, 15) is 9.59 Å². The van der Waals surface area contributed by atoms with E-state index in [1.54, 1.807) is 23.1 Å². The summed E-state index contributed by atoms with van der Waals surface area (Å²) in [5.74, 6) is 0.266. The van der Waals surface area contributed by atoms with Crippen LogP contribution in [0.2, 0.25) is 0 Å². The van der Waals surface area contributed by atoms with Gasteiger partial charge in [-0.25, -0.2) is 0 Å². The van der Waals surface area contributed by atoms with E-state index in [0.717, 1.165) is 12.8 Å². The van der Waals surface area contributed by atoms with Gasteiger partial charge in [0.05, 0.1) is 0 Å². The summed E-state index contributed by atoms with van der Waals surface area (Å²) in [6.45, 7) is 1.38. The van der Waals surface area contributed by atoms with Crippen LogP contribution in [-0.4, -0.2) is 35.0 Å². The predicted molar refractivity (Wildman–Crippen MR) is 81.6 cm³/mol. The molecule has 1 fully saturated rings. The average Bonchev–Trinajstić information content (AvgIpc) is 2.89. The molecule has 1 N–H and O–H groups in total. The van der Waals surface area contributed by atoms with E-state index in [4.69, 9.17) is 9.52 Å². The number of halogens is 1. The Morgan fingerprint density at radius 1 is 1.38 bits per heavy atom. The molecule has 0 aliphatic carbocycles. The highest BCUT2D eigenvalue weighted by atomic mass is 79.9. The van der Waals surface area contributed by atoms with Crippen LogP contribution in [0.25, 0.3) is 6.08 Å². The first-order valence-corrected chi connectivity index (χ1v) is 7.78. The van der Waals surface area contributed by atoms with Crippen molar-refractivity contribution in [1.82, 2.24) is 4.90 Å². The minimum atomic E-state index is -0.749. The zero-order valence-corrected chi connectivity index (χ0v) is 13.2. The summed E-state index contributed by atoms with van der Waals surface area (Å²) in [6, 6.07) is 3.56. The summed E-state index contributed by atoms with van der Waals surface area (Å²) < 4.78 is 5.93. The van der Waals surface area contributed by atoms with Crippen LogP contribution < -0.4 is 0 Å². The van der Waals surface area contributed by atoms with Crippen molar-refractivity contribution in [2.75, 3.05) is 13.1 Å². The second kappa shape index (κ2) is 7.45. The number of carboxylic acids is 1. The van der Waals surface area contributed by atoms with Crippen LogP contribution in [-0.2, 0) is 9.59 Å². The van der Waals surface area contributed by atoms with Crippen molar-refractivity contribution in [3.05, 3.63) is 28.6 Å². The van der Waals surface area contributed by atoms with Gasteiger partial charge in [0.15, 0.2) is 4.67 Å². The number of rotatable bonds is 5. The molecule has 1 aromatic rings. The molecule has 2 rings (SSSR count). The molecular formula is C15H18BrNO4. The number of carbonyl (C=O) groups excluding carboxylic acids is 1. The zero-order valence-electron chi connectivity index (χ0n) is 11.6. The number of hydrogen-bond acceptors (Lipinski definition) is 3. The summed E-state index contributed by atoms with van der Waals surface area (Å²) in [7, 11) is 0. The minimum absolute atomic E-state index is 0.0285. The molecule has 0 unspecified atom stereocenters. The fourth-order valence-electron chi connectivity index (χ4n) is 2.45. The van der Waals surface area contributed by atoms with Crippen LogP contribution in [0.4, 0.5) is 0 Å². The molecule has 1 aliphatic rings. The van der Waals surface area contributed by atoms with Gasteiger partial charge in [0.1, 0.15) is 5.76 Å². The monoisotopic (exact) mass is 355 g/mol. The van der Waals surface area contributed by atoms with Gasteiger partial charge < -0.3 is 14.4 Å². The Hall–Kier alpha value is -1.56. The molecule has 1 aliphatic heterocycles. The third kappa shape index (κ3) is 5.04. The third-order valence-corrected chi connectivity index (χ3v) is 4.10. The summed E-state index contributed by atoms with van der Waals surface area (Å²) >= 11 is 3.21. The van der Waals surface area contributed by atoms with E-state index in [2.05, 4.69) is 15.9 Å². The number of amides is 1. The molecule has 114 valence electrons. The van der Waals surface area contributed by atoms with Gasteiger partial charge in [0.25, 0.3) is 0 Å². The van der Waals surface area contributed by atoms with Gasteiger partial charge in [-0.15, -0.1) is 0 Å². The van der Waals surface area contributed by atoms with Gasteiger partial charge in [0.2, 0.25) is 5.91 Å². The maximum atomic E-state index is 12.0. The molecule has 0 bridgehead atoms. The highest BCUT2D eigenvalue weighted by Crippen LogP contribution is 2.22. The number of nitrogens with zero attached hydrogens (tertiary/aromatic N) is 1. The number of hydrogen-bond donors (Lipinski definition) is 1. The van der Waals surface area contributed by atoms with Crippen LogP contribution >= 0.6 is 15.9 Å². The van der Waals surface area contributed by atoms with E-state index in [1.807, 2.05) is 0 Å². The first-order valence-electron chi connectivity index (χ1n) is 6.98. The van der Waals surface area contributed by atoms with Crippen molar-refractivity contribution in [3.63, 3.8) is 0 Å². The fourth-order valence-corrected chi connectivity index (χ4v) is 2.77. The van der Waals surface area contributed by atoms with E-state index >= 15 is 0 Å². The normalized spacial score (nSPS) is 16.5. The quantitative estimate of drug-likeness (QED) is 0.823. The maximum Gasteiger partial charge on any atom is 0.303 e. The van der Waals surface area contributed by atoms with Crippen molar-refractivity contribution in [2.45, 2.75) is 25.7 Å². The number of furan rings is 1. The lowest BCUT2D eigenvalue weighted by Crippen LogP contribution is -2.37. The number of carboxylic acid groups (broad SMARTS) is 1. The van der Waals surface area contributed by atoms with Gasteiger partial charge >= 0.3 is 5.97 Å². The number of carbonyl (C=O) groups is 2. The third-order valence-electron chi connectivity index (χ3n) is 3.68. The lowest BCUT2D eigenvalue weighted by Gasteiger charge is -2.31. The van der Waals surface area contributed by atoms with Crippen LogP contribution in [0.5, 0.6) is 0 Å². The van der Waals surface area contributed by atoms with Gasteiger partial charge in [-0.2, -0.15) is 0 Å². The van der Waals surface area contributed by atoms with Gasteiger partial charge in [-0.1, -0.05) is 0 Å². The van der Waals surface area contributed by atoms with E-state index < -0.39 is 5.97 Å². The predicted octanol–water partition coefficient (Wildman–Crippen LogP) is 3.16. The Morgan fingerprint density at radius 2 is 2.10 bits per heavy atom. The second-order valence-electron chi connectivity index (χ2n) is 5.18. The lowest BCUT2D eigenvalue weighted by molar-refractivity contribution is -0.137. The molecule has 6 heteroatoms. The molecule has 1 amide bonds. The Balaban J connectivity index is 1.77. The largest absolute Gasteiger partial charge is 0.481 e. The highest BCUT2D eigenvalue weighted by molar-refractivity contribution is 9.10. The van der Waals surface area contributed by atoms with Crippen molar-refractivity contribution >= 4 is 33.9 Å². The number of likely N-dealkylation sites (tertiary alicyclic amines) is 1. The minimum Gasteiger partial charge on any atom is -0.481 e. The molecule has 0 aromatic carbocycles. The van der Waals surface area contributed by atoms with Crippen LogP contribution in [0.3, 0.4) is 0 Å². The molecule has 1 aromatic heterocycles. The SMILES string of the molecule is O=C(O)CCC1CCN(C(=O)C=Cc2ccc(Br)o2)CC1. The standard InChI is InChI=1S/C15H18BrNO4/c16-13-4-2-12(21-13)3-5-14(18)17-9-7-11(8-10-17)1-6-15(19)20/h2-5,11H,1,6-10H2,(H,19,20). The van der Waals surface area contributed by atoms with Crippen LogP contribution in [0.1, 0.15) is 31.4 Å². The highest BCUT2D eigenvalue weighted by Gasteiger charge is 2.21. The molecule has 5 nitrogen and oxygen atoms in total. The summed E-state index contributed by atoms with van der Waals surface area (Å²) in [5, 5.41) is 8.68. The van der Waals surface area contributed by atoms with Crippen molar-refractivity contribution in [3.8, 4) is 0 Å². The molecular weight excluding hydrogens is 338 g/mol. The molecule has 2 heterocycles. The van der Waals surface area contributed by atoms with Crippen molar-refractivity contribution in [2.24, 2.45) is 5.92 Å². The first kappa shape index (κ1) is 15.8. The van der Waals surface area contributed by atoms with Crippen LogP contribution in [0.15, 0.2) is 27.3 Å². The summed E-state index contributed by atoms with van der Waals surface area (Å²) in [6.07, 6.45) is 5.84. The summed E-state index contributed by atoms with van der Waals surface area (Å²) in [5.41, 5.74) is 0. The molecule has 0 saturated carbocycles. The Morgan fingerprint density at radius 3 is 2.67 bits per heavy atom. The number of piperidine rings is 1. The topological polar surface area (TPSA) is 70.8 Å². The Kier molecular flexibility index (Phi) is 5.61. The van der Waals surface area contributed by atoms with E-state index in [1.165, 1.54) is 6.08 Å². The molecule has 0 spiro atoms. The average molecular weight is 356 g/mol. The van der Waals surface area contributed by atoms with Crippen molar-refractivity contribution < 1.29 is 19.1 Å².